The van der Waals surface area contributed by atoms with Gasteiger partial charge in [-0.1, -0.05) is 6.92 Å². The van der Waals surface area contributed by atoms with Gasteiger partial charge in [-0.25, -0.2) is 0 Å². The highest BCUT2D eigenvalue weighted by Gasteiger charge is 2.34. The molecule has 16 heavy (non-hydrogen) atoms. The minimum Gasteiger partial charge on any atom is -0.375 e. The summed E-state index contributed by atoms with van der Waals surface area (Å²) < 4.78 is 5.49. The number of hydrogen-bond acceptors (Lipinski definition) is 3. The Kier molecular flexibility index (Phi) is 5.02. The molecule has 1 unspecified atom stereocenters. The van der Waals surface area contributed by atoms with Gasteiger partial charge in [0.05, 0.1) is 12.7 Å². The van der Waals surface area contributed by atoms with E-state index in [-0.39, 0.29) is 30.5 Å². The summed E-state index contributed by atoms with van der Waals surface area (Å²) in [6.45, 7) is 7.47. The van der Waals surface area contributed by atoms with Gasteiger partial charge in [-0.15, -0.1) is 12.4 Å². The van der Waals surface area contributed by atoms with Gasteiger partial charge in [-0.3, -0.25) is 4.79 Å². The molecule has 0 radical (unpaired) electrons. The first-order valence-corrected chi connectivity index (χ1v) is 5.82. The van der Waals surface area contributed by atoms with E-state index in [1.165, 1.54) is 0 Å². The van der Waals surface area contributed by atoms with Gasteiger partial charge in [0.2, 0.25) is 5.91 Å². The third kappa shape index (κ3) is 2.87. The number of halogens is 1. The van der Waals surface area contributed by atoms with Crippen LogP contribution in [0.15, 0.2) is 0 Å². The summed E-state index contributed by atoms with van der Waals surface area (Å²) in [5, 5.41) is 3.24. The first-order chi connectivity index (χ1) is 7.18. The Morgan fingerprint density at radius 3 is 2.75 bits per heavy atom. The molecular weight excluding hydrogens is 228 g/mol. The number of likely N-dealkylation sites (tertiary alicyclic amines) is 1. The molecule has 0 bridgehead atoms. The third-order valence-corrected chi connectivity index (χ3v) is 3.32. The van der Waals surface area contributed by atoms with Crippen molar-refractivity contribution in [3.05, 3.63) is 0 Å². The van der Waals surface area contributed by atoms with Crippen molar-refractivity contribution in [1.29, 1.82) is 0 Å². The van der Waals surface area contributed by atoms with Crippen molar-refractivity contribution in [2.24, 2.45) is 5.92 Å². The molecule has 0 aromatic heterocycles. The van der Waals surface area contributed by atoms with Gasteiger partial charge in [0.25, 0.3) is 0 Å². The molecule has 0 aliphatic carbocycles. The van der Waals surface area contributed by atoms with Crippen LogP contribution < -0.4 is 5.32 Å². The molecule has 4 nitrogen and oxygen atoms in total. The van der Waals surface area contributed by atoms with Crippen molar-refractivity contribution >= 4 is 18.3 Å². The van der Waals surface area contributed by atoms with Crippen LogP contribution in [-0.2, 0) is 9.53 Å². The van der Waals surface area contributed by atoms with Crippen LogP contribution in [0.4, 0.5) is 0 Å². The van der Waals surface area contributed by atoms with E-state index in [4.69, 9.17) is 4.74 Å². The molecular formula is C11H21ClN2O2. The van der Waals surface area contributed by atoms with Crippen molar-refractivity contribution in [2.75, 3.05) is 26.2 Å². The number of carbonyl (C=O) groups excluding carboxylic acids is 1. The van der Waals surface area contributed by atoms with Gasteiger partial charge in [0.1, 0.15) is 6.04 Å². The zero-order chi connectivity index (χ0) is 10.8. The summed E-state index contributed by atoms with van der Waals surface area (Å²) in [4.78, 5) is 14.1. The van der Waals surface area contributed by atoms with Crippen LogP contribution in [-0.4, -0.2) is 49.2 Å². The second-order valence-electron chi connectivity index (χ2n) is 4.69. The van der Waals surface area contributed by atoms with Gasteiger partial charge in [-0.2, -0.15) is 0 Å². The normalized spacial score (nSPS) is 34.6. The van der Waals surface area contributed by atoms with E-state index >= 15 is 0 Å². The highest BCUT2D eigenvalue weighted by Crippen LogP contribution is 2.17. The van der Waals surface area contributed by atoms with Gasteiger partial charge in [-0.05, 0) is 19.3 Å². The van der Waals surface area contributed by atoms with Crippen molar-refractivity contribution in [2.45, 2.75) is 32.4 Å². The third-order valence-electron chi connectivity index (χ3n) is 3.32. The summed E-state index contributed by atoms with van der Waals surface area (Å²) in [5.41, 5.74) is 0. The van der Waals surface area contributed by atoms with Crippen molar-refractivity contribution < 1.29 is 9.53 Å². The number of carbonyl (C=O) groups is 1. The highest BCUT2D eigenvalue weighted by atomic mass is 35.5. The number of nitrogens with one attached hydrogen (secondary N) is 1. The lowest BCUT2D eigenvalue weighted by Crippen LogP contribution is -2.56. The van der Waals surface area contributed by atoms with Gasteiger partial charge in [0, 0.05) is 19.6 Å². The average Bonchev–Trinajstić information content (AvgIpc) is 2.65. The SMILES string of the molecule is CC1CCN(C(=O)[C@H]2NCCO[C@@H]2C)C1.Cl. The summed E-state index contributed by atoms with van der Waals surface area (Å²) in [7, 11) is 0. The zero-order valence-electron chi connectivity index (χ0n) is 9.94. The van der Waals surface area contributed by atoms with Gasteiger partial charge >= 0.3 is 0 Å². The smallest absolute Gasteiger partial charge is 0.242 e. The molecule has 1 N–H and O–H groups in total. The van der Waals surface area contributed by atoms with Crippen molar-refractivity contribution in [3.63, 3.8) is 0 Å². The largest absolute Gasteiger partial charge is 0.375 e. The Bertz CT molecular complexity index is 250. The van der Waals surface area contributed by atoms with Crippen LogP contribution in [0.2, 0.25) is 0 Å². The fourth-order valence-corrected chi connectivity index (χ4v) is 2.34. The highest BCUT2D eigenvalue weighted by molar-refractivity contribution is 5.85. The minimum absolute atomic E-state index is 0. The zero-order valence-corrected chi connectivity index (χ0v) is 10.8. The molecule has 0 spiro atoms. The molecule has 1 amide bonds. The van der Waals surface area contributed by atoms with Crippen LogP contribution in [0.25, 0.3) is 0 Å². The molecule has 0 saturated carbocycles. The summed E-state index contributed by atoms with van der Waals surface area (Å²) in [6, 6.07) is -0.135. The molecule has 0 aromatic rings. The van der Waals surface area contributed by atoms with Gasteiger partial charge in [0.15, 0.2) is 0 Å². The average molecular weight is 249 g/mol. The second-order valence-corrected chi connectivity index (χ2v) is 4.69. The molecule has 5 heteroatoms. The molecule has 0 aromatic carbocycles. The minimum atomic E-state index is -0.135. The van der Waals surface area contributed by atoms with E-state index in [9.17, 15) is 4.79 Å². The van der Waals surface area contributed by atoms with Crippen molar-refractivity contribution in [1.82, 2.24) is 10.2 Å². The quantitative estimate of drug-likeness (QED) is 0.741. The van der Waals surface area contributed by atoms with Crippen LogP contribution in [0.1, 0.15) is 20.3 Å². The van der Waals surface area contributed by atoms with Crippen LogP contribution in [0.5, 0.6) is 0 Å². The van der Waals surface area contributed by atoms with E-state index in [2.05, 4.69) is 12.2 Å². The lowest BCUT2D eigenvalue weighted by molar-refractivity contribution is -0.138. The molecule has 2 fully saturated rings. The number of rotatable bonds is 1. The molecule has 2 saturated heterocycles. The number of ether oxygens (including phenoxy) is 1. The van der Waals surface area contributed by atoms with Gasteiger partial charge < -0.3 is 15.0 Å². The van der Waals surface area contributed by atoms with Crippen molar-refractivity contribution in [3.8, 4) is 0 Å². The molecule has 3 atom stereocenters. The molecule has 2 rings (SSSR count). The van der Waals surface area contributed by atoms with Crippen LogP contribution in [0.3, 0.4) is 0 Å². The van der Waals surface area contributed by atoms with Crippen LogP contribution >= 0.6 is 12.4 Å². The summed E-state index contributed by atoms with van der Waals surface area (Å²) >= 11 is 0. The standard InChI is InChI=1S/C11H20N2O2.ClH/c1-8-3-5-13(7-8)11(14)10-9(2)15-6-4-12-10;/h8-10,12H,3-7H2,1-2H3;1H/t8?,9-,10+;/m1./s1. The van der Waals surface area contributed by atoms with E-state index in [0.717, 1.165) is 26.1 Å². The maximum absolute atomic E-state index is 12.1. The Balaban J connectivity index is 0.00000128. The first-order valence-electron chi connectivity index (χ1n) is 5.82. The number of amides is 1. The fourth-order valence-electron chi connectivity index (χ4n) is 2.34. The topological polar surface area (TPSA) is 41.6 Å². The molecule has 2 heterocycles. The maximum Gasteiger partial charge on any atom is 0.242 e. The Morgan fingerprint density at radius 1 is 1.44 bits per heavy atom. The first kappa shape index (κ1) is 13.7. The van der Waals surface area contributed by atoms with Crippen LogP contribution in [0, 0.1) is 5.92 Å². The Labute approximate surface area is 103 Å². The summed E-state index contributed by atoms with van der Waals surface area (Å²) in [6.07, 6.45) is 1.13. The lowest BCUT2D eigenvalue weighted by Gasteiger charge is -2.32. The predicted molar refractivity (Wildman–Crippen MR) is 64.8 cm³/mol. The number of morpholine rings is 1. The van der Waals surface area contributed by atoms with E-state index < -0.39 is 0 Å². The monoisotopic (exact) mass is 248 g/mol. The Hall–Kier alpha value is -0.320. The van der Waals surface area contributed by atoms with E-state index in [0.29, 0.717) is 12.5 Å². The van der Waals surface area contributed by atoms with E-state index in [1.54, 1.807) is 0 Å². The predicted octanol–water partition coefficient (Wildman–Crippen LogP) is 0.653. The molecule has 2 aliphatic heterocycles. The van der Waals surface area contributed by atoms with E-state index in [1.807, 2.05) is 11.8 Å². The number of nitrogens with zero attached hydrogens (tertiary/aromatic N) is 1. The summed E-state index contributed by atoms with van der Waals surface area (Å²) in [5.74, 6) is 0.861. The molecule has 94 valence electrons. The second kappa shape index (κ2) is 5.84. The lowest BCUT2D eigenvalue weighted by atomic mass is 10.1. The fraction of sp³-hybridized carbons (Fsp3) is 0.909. The maximum atomic E-state index is 12.1. The Morgan fingerprint density at radius 2 is 2.19 bits per heavy atom. The molecule has 2 aliphatic rings. The number of hydrogen-bond donors (Lipinski definition) is 1.